The molecule has 4 heteroatoms. The van der Waals surface area contributed by atoms with Crippen LogP contribution in [-0.2, 0) is 6.54 Å². The Morgan fingerprint density at radius 3 is 3.00 bits per heavy atom. The third kappa shape index (κ3) is 2.09. The maximum Gasteiger partial charge on any atom is 0.148 e. The molecule has 0 aromatic carbocycles. The number of aryl methyl sites for hydroxylation is 1. The summed E-state index contributed by atoms with van der Waals surface area (Å²) in [6.07, 6.45) is 1.67. The van der Waals surface area contributed by atoms with Crippen LogP contribution in [0.5, 0.6) is 0 Å². The molecule has 1 N–H and O–H groups in total. The maximum absolute atomic E-state index is 3.95. The molecule has 0 saturated carbocycles. The average Bonchev–Trinajstić information content (AvgIpc) is 2.63. The lowest BCUT2D eigenvalue weighted by atomic mass is 10.2. The summed E-state index contributed by atoms with van der Waals surface area (Å²) >= 11 is 1.73. The van der Waals surface area contributed by atoms with E-state index in [1.807, 2.05) is 12.1 Å². The Labute approximate surface area is 86.8 Å². The van der Waals surface area contributed by atoms with Crippen molar-refractivity contribution in [3.63, 3.8) is 0 Å². The third-order valence-electron chi connectivity index (χ3n) is 1.99. The highest BCUT2D eigenvalue weighted by molar-refractivity contribution is 7.08. The third-order valence-corrected chi connectivity index (χ3v) is 2.90. The summed E-state index contributed by atoms with van der Waals surface area (Å²) in [5.41, 5.74) is 2.65. The molecule has 2 aromatic heterocycles. The highest BCUT2D eigenvalue weighted by atomic mass is 32.1. The first-order valence-electron chi connectivity index (χ1n) is 4.39. The molecule has 0 amide bonds. The van der Waals surface area contributed by atoms with E-state index < -0.39 is 0 Å². The Bertz CT molecular complexity index is 397. The van der Waals surface area contributed by atoms with Crippen LogP contribution >= 0.6 is 11.3 Å². The first kappa shape index (κ1) is 9.15. The maximum atomic E-state index is 3.95. The zero-order valence-corrected chi connectivity index (χ0v) is 8.71. The average molecular weight is 205 g/mol. The molecule has 0 fully saturated rings. The van der Waals surface area contributed by atoms with Crippen LogP contribution in [0, 0.1) is 6.92 Å². The van der Waals surface area contributed by atoms with Gasteiger partial charge < -0.3 is 5.32 Å². The first-order valence-corrected chi connectivity index (χ1v) is 5.34. The topological polar surface area (TPSA) is 37.8 Å². The highest BCUT2D eigenvalue weighted by Gasteiger charge is 1.98. The van der Waals surface area contributed by atoms with Crippen LogP contribution in [0.4, 0.5) is 5.82 Å². The lowest BCUT2D eigenvalue weighted by Gasteiger charge is -2.03. The van der Waals surface area contributed by atoms with Gasteiger partial charge in [0.2, 0.25) is 0 Å². The smallest absolute Gasteiger partial charge is 0.148 e. The van der Waals surface area contributed by atoms with Gasteiger partial charge in [-0.2, -0.15) is 16.4 Å². The van der Waals surface area contributed by atoms with Crippen LogP contribution in [0.1, 0.15) is 11.1 Å². The predicted octanol–water partition coefficient (Wildman–Crippen LogP) is 2.46. The summed E-state index contributed by atoms with van der Waals surface area (Å²) in [6, 6.07) is 3.78. The summed E-state index contributed by atoms with van der Waals surface area (Å²) in [5.74, 6) is 0.818. The van der Waals surface area contributed by atoms with Gasteiger partial charge in [0.05, 0.1) is 0 Å². The Morgan fingerprint density at radius 2 is 2.36 bits per heavy atom. The van der Waals surface area contributed by atoms with E-state index in [-0.39, 0.29) is 0 Å². The van der Waals surface area contributed by atoms with Gasteiger partial charge >= 0.3 is 0 Å². The number of nitrogens with zero attached hydrogens (tertiary/aromatic N) is 2. The van der Waals surface area contributed by atoms with E-state index in [0.29, 0.717) is 0 Å². The Morgan fingerprint density at radius 1 is 1.43 bits per heavy atom. The number of rotatable bonds is 3. The highest BCUT2D eigenvalue weighted by Crippen LogP contribution is 2.14. The number of thiophene rings is 1. The monoisotopic (exact) mass is 205 g/mol. The molecule has 3 nitrogen and oxygen atoms in total. The van der Waals surface area contributed by atoms with Crippen molar-refractivity contribution >= 4 is 17.2 Å². The zero-order chi connectivity index (χ0) is 9.80. The molecule has 72 valence electrons. The van der Waals surface area contributed by atoms with E-state index in [1.165, 1.54) is 11.1 Å². The van der Waals surface area contributed by atoms with Gasteiger partial charge in [-0.25, -0.2) is 0 Å². The van der Waals surface area contributed by atoms with E-state index in [4.69, 9.17) is 0 Å². The van der Waals surface area contributed by atoms with E-state index in [9.17, 15) is 0 Å². The molecule has 2 heterocycles. The fourth-order valence-electron chi connectivity index (χ4n) is 1.15. The van der Waals surface area contributed by atoms with Crippen molar-refractivity contribution in [2.45, 2.75) is 13.5 Å². The van der Waals surface area contributed by atoms with E-state index in [1.54, 1.807) is 17.5 Å². The molecule has 0 aliphatic heterocycles. The summed E-state index contributed by atoms with van der Waals surface area (Å²) in [5, 5.41) is 15.3. The van der Waals surface area contributed by atoms with Gasteiger partial charge in [0.15, 0.2) is 0 Å². The van der Waals surface area contributed by atoms with Crippen molar-refractivity contribution < 1.29 is 0 Å². The molecular weight excluding hydrogens is 194 g/mol. The van der Waals surface area contributed by atoms with E-state index in [2.05, 4.69) is 33.2 Å². The van der Waals surface area contributed by atoms with Gasteiger partial charge in [-0.15, -0.1) is 5.10 Å². The van der Waals surface area contributed by atoms with Crippen LogP contribution in [0.3, 0.4) is 0 Å². The lowest BCUT2D eigenvalue weighted by Crippen LogP contribution is -2.01. The molecule has 14 heavy (non-hydrogen) atoms. The first-order chi connectivity index (χ1) is 6.86. The molecular formula is C10H11N3S. The second kappa shape index (κ2) is 4.19. The number of hydrogen-bond acceptors (Lipinski definition) is 4. The molecule has 0 aliphatic rings. The summed E-state index contributed by atoms with van der Waals surface area (Å²) in [7, 11) is 0. The van der Waals surface area contributed by atoms with Crippen molar-refractivity contribution in [2.75, 3.05) is 5.32 Å². The van der Waals surface area contributed by atoms with Gasteiger partial charge in [0.1, 0.15) is 5.82 Å². The molecule has 2 aromatic rings. The number of nitrogens with one attached hydrogen (secondary N) is 1. The minimum atomic E-state index is 0.814. The Kier molecular flexibility index (Phi) is 2.74. The molecule has 0 bridgehead atoms. The normalized spacial score (nSPS) is 10.1. The van der Waals surface area contributed by atoms with Crippen molar-refractivity contribution in [3.8, 4) is 0 Å². The van der Waals surface area contributed by atoms with Crippen LogP contribution in [0.15, 0.2) is 29.1 Å². The Balaban J connectivity index is 1.99. The minimum Gasteiger partial charge on any atom is -0.364 e. The van der Waals surface area contributed by atoms with Gasteiger partial charge in [-0.1, -0.05) is 0 Å². The van der Waals surface area contributed by atoms with Crippen molar-refractivity contribution in [3.05, 3.63) is 40.2 Å². The molecule has 2 rings (SSSR count). The summed E-state index contributed by atoms with van der Waals surface area (Å²) in [4.78, 5) is 0. The van der Waals surface area contributed by atoms with Crippen molar-refractivity contribution in [2.24, 2.45) is 0 Å². The van der Waals surface area contributed by atoms with Crippen molar-refractivity contribution in [1.29, 1.82) is 0 Å². The second-order valence-electron chi connectivity index (χ2n) is 3.04. The van der Waals surface area contributed by atoms with Gasteiger partial charge in [0.25, 0.3) is 0 Å². The van der Waals surface area contributed by atoms with Gasteiger partial charge in [0, 0.05) is 12.7 Å². The van der Waals surface area contributed by atoms with Crippen LogP contribution in [0.25, 0.3) is 0 Å². The largest absolute Gasteiger partial charge is 0.364 e. The lowest BCUT2D eigenvalue weighted by molar-refractivity contribution is 0.999. The molecule has 0 spiro atoms. The minimum absolute atomic E-state index is 0.814. The summed E-state index contributed by atoms with van der Waals surface area (Å²) < 4.78 is 0. The fourth-order valence-corrected chi connectivity index (χ4v) is 2.01. The predicted molar refractivity (Wildman–Crippen MR) is 58.4 cm³/mol. The number of anilines is 1. The van der Waals surface area contributed by atoms with Crippen molar-refractivity contribution in [1.82, 2.24) is 10.2 Å². The van der Waals surface area contributed by atoms with Gasteiger partial charge in [-0.3, -0.25) is 0 Å². The van der Waals surface area contributed by atoms with Gasteiger partial charge in [-0.05, 0) is 40.9 Å². The van der Waals surface area contributed by atoms with Crippen LogP contribution in [0.2, 0.25) is 0 Å². The summed E-state index contributed by atoms with van der Waals surface area (Å²) in [6.45, 7) is 2.93. The molecule has 0 atom stereocenters. The molecule has 0 radical (unpaired) electrons. The number of hydrogen-bond donors (Lipinski definition) is 1. The van der Waals surface area contributed by atoms with E-state index in [0.717, 1.165) is 12.4 Å². The quantitative estimate of drug-likeness (QED) is 0.836. The van der Waals surface area contributed by atoms with Crippen LogP contribution in [-0.4, -0.2) is 10.2 Å². The standard InChI is InChI=1S/C10H11N3S/c1-8-6-14-7-9(8)5-11-10-3-2-4-12-13-10/h2-4,6-7H,5H2,1H3,(H,11,13). The Hall–Kier alpha value is -1.42. The second-order valence-corrected chi connectivity index (χ2v) is 3.79. The molecule has 0 aliphatic carbocycles. The zero-order valence-electron chi connectivity index (χ0n) is 7.90. The van der Waals surface area contributed by atoms with E-state index >= 15 is 0 Å². The SMILES string of the molecule is Cc1cscc1CNc1cccnn1. The number of aromatic nitrogens is 2. The molecule has 0 unspecified atom stereocenters. The van der Waals surface area contributed by atoms with Crippen LogP contribution < -0.4 is 5.32 Å². The fraction of sp³-hybridized carbons (Fsp3) is 0.200. The molecule has 0 saturated heterocycles.